The third-order valence-electron chi connectivity index (χ3n) is 2.10. The molecule has 0 aliphatic carbocycles. The number of rotatable bonds is 5. The van der Waals surface area contributed by atoms with Crippen LogP contribution in [0.3, 0.4) is 0 Å². The topological polar surface area (TPSA) is 55.1 Å². The Kier molecular flexibility index (Phi) is 4.78. The molecule has 0 bridgehead atoms. The Labute approximate surface area is 98.2 Å². The second-order valence-electron chi connectivity index (χ2n) is 3.31. The average Bonchev–Trinajstić information content (AvgIpc) is 2.20. The molecule has 1 amide bonds. The molecule has 1 aromatic carbocycles. The van der Waals surface area contributed by atoms with Crippen LogP contribution in [-0.4, -0.2) is 12.5 Å². The third kappa shape index (κ3) is 3.32. The van der Waals surface area contributed by atoms with E-state index in [9.17, 15) is 4.79 Å². The van der Waals surface area contributed by atoms with Crippen LogP contribution in [0.15, 0.2) is 28.7 Å². The molecule has 1 unspecified atom stereocenters. The Balaban J connectivity index is 2.89. The van der Waals surface area contributed by atoms with Gasteiger partial charge in [-0.1, -0.05) is 41.1 Å². The molecular formula is C11H15BrN2O. The van der Waals surface area contributed by atoms with Gasteiger partial charge in [0.05, 0.1) is 0 Å². The highest BCUT2D eigenvalue weighted by Crippen LogP contribution is 2.22. The van der Waals surface area contributed by atoms with Crippen LogP contribution in [0.4, 0.5) is 0 Å². The molecule has 3 N–H and O–H groups in total. The van der Waals surface area contributed by atoms with E-state index >= 15 is 0 Å². The predicted molar refractivity (Wildman–Crippen MR) is 64.4 cm³/mol. The maximum atomic E-state index is 11.3. The summed E-state index contributed by atoms with van der Waals surface area (Å²) < 4.78 is 0.900. The van der Waals surface area contributed by atoms with Crippen molar-refractivity contribution in [3.63, 3.8) is 0 Å². The molecule has 1 rings (SSSR count). The van der Waals surface area contributed by atoms with Gasteiger partial charge in [-0.3, -0.25) is 4.79 Å². The summed E-state index contributed by atoms with van der Waals surface area (Å²) in [6, 6.07) is 7.18. The smallest absolute Gasteiger partial charge is 0.239 e. The average molecular weight is 271 g/mol. The number of amides is 1. The van der Waals surface area contributed by atoms with Crippen molar-refractivity contribution in [2.75, 3.05) is 6.54 Å². The van der Waals surface area contributed by atoms with Crippen LogP contribution < -0.4 is 11.1 Å². The lowest BCUT2D eigenvalue weighted by atomic mass is 10.1. The maximum absolute atomic E-state index is 11.3. The first-order valence-electron chi connectivity index (χ1n) is 4.94. The number of carbonyl (C=O) groups is 1. The molecule has 0 spiro atoms. The lowest BCUT2D eigenvalue weighted by molar-refractivity contribution is -0.120. The number of benzene rings is 1. The largest absolute Gasteiger partial charge is 0.368 e. The Hall–Kier alpha value is -0.870. The van der Waals surface area contributed by atoms with E-state index in [4.69, 9.17) is 5.73 Å². The van der Waals surface area contributed by atoms with Crippen LogP contribution in [0.1, 0.15) is 24.9 Å². The molecule has 0 radical (unpaired) electrons. The zero-order chi connectivity index (χ0) is 11.3. The molecule has 0 fully saturated rings. The number of carbonyl (C=O) groups excluding carboxylic acids is 1. The van der Waals surface area contributed by atoms with Crippen molar-refractivity contribution in [1.82, 2.24) is 5.32 Å². The monoisotopic (exact) mass is 270 g/mol. The van der Waals surface area contributed by atoms with Gasteiger partial charge in [0.15, 0.2) is 0 Å². The van der Waals surface area contributed by atoms with Gasteiger partial charge in [0, 0.05) is 4.47 Å². The molecule has 0 saturated carbocycles. The van der Waals surface area contributed by atoms with E-state index in [1.54, 1.807) is 0 Å². The number of nitrogens with one attached hydrogen (secondary N) is 1. The summed E-state index contributed by atoms with van der Waals surface area (Å²) in [6.07, 6.45) is 0.967. The van der Waals surface area contributed by atoms with E-state index in [-0.39, 0.29) is 5.91 Å². The van der Waals surface area contributed by atoms with Gasteiger partial charge in [-0.15, -0.1) is 0 Å². The van der Waals surface area contributed by atoms with Crippen molar-refractivity contribution in [1.29, 1.82) is 0 Å². The molecule has 3 nitrogen and oxygen atoms in total. The van der Waals surface area contributed by atoms with Crippen LogP contribution in [0, 0.1) is 0 Å². The molecule has 4 heteroatoms. The third-order valence-corrected chi connectivity index (χ3v) is 2.82. The molecule has 0 aromatic heterocycles. The first kappa shape index (κ1) is 12.2. The molecule has 0 saturated heterocycles. The molecule has 0 heterocycles. The lowest BCUT2D eigenvalue weighted by Gasteiger charge is -2.16. The van der Waals surface area contributed by atoms with E-state index in [1.165, 1.54) is 0 Å². The zero-order valence-corrected chi connectivity index (χ0v) is 10.3. The van der Waals surface area contributed by atoms with Crippen molar-refractivity contribution in [3.05, 3.63) is 34.3 Å². The second kappa shape index (κ2) is 5.88. The van der Waals surface area contributed by atoms with Gasteiger partial charge in [-0.05, 0) is 24.6 Å². The Bertz CT molecular complexity index is 341. The Morgan fingerprint density at radius 1 is 1.53 bits per heavy atom. The molecule has 1 aromatic rings. The number of hydrogen-bond donors (Lipinski definition) is 2. The SMILES string of the molecule is CCCNC(C(N)=O)c1ccccc1Br. The van der Waals surface area contributed by atoms with Crippen LogP contribution in [-0.2, 0) is 4.79 Å². The molecule has 1 atom stereocenters. The summed E-state index contributed by atoms with van der Waals surface area (Å²) in [4.78, 5) is 11.3. The van der Waals surface area contributed by atoms with Crippen molar-refractivity contribution >= 4 is 21.8 Å². The number of nitrogens with two attached hydrogens (primary N) is 1. The van der Waals surface area contributed by atoms with Gasteiger partial charge in [-0.25, -0.2) is 0 Å². The van der Waals surface area contributed by atoms with Crippen LogP contribution in [0.5, 0.6) is 0 Å². The molecule has 0 aliphatic heterocycles. The Morgan fingerprint density at radius 2 is 2.20 bits per heavy atom. The summed E-state index contributed by atoms with van der Waals surface area (Å²) in [5.41, 5.74) is 6.24. The predicted octanol–water partition coefficient (Wildman–Crippen LogP) is 1.98. The Morgan fingerprint density at radius 3 is 2.73 bits per heavy atom. The molecule has 15 heavy (non-hydrogen) atoms. The van der Waals surface area contributed by atoms with E-state index in [0.29, 0.717) is 0 Å². The fourth-order valence-electron chi connectivity index (χ4n) is 1.36. The van der Waals surface area contributed by atoms with E-state index < -0.39 is 6.04 Å². The maximum Gasteiger partial charge on any atom is 0.239 e. The van der Waals surface area contributed by atoms with Crippen molar-refractivity contribution in [2.24, 2.45) is 5.73 Å². The van der Waals surface area contributed by atoms with Crippen molar-refractivity contribution in [2.45, 2.75) is 19.4 Å². The minimum absolute atomic E-state index is 0.352. The van der Waals surface area contributed by atoms with Gasteiger partial charge < -0.3 is 11.1 Å². The first-order valence-corrected chi connectivity index (χ1v) is 5.73. The summed E-state index contributed by atoms with van der Waals surface area (Å²) in [5.74, 6) is -0.352. The number of primary amides is 1. The van der Waals surface area contributed by atoms with E-state index in [0.717, 1.165) is 23.0 Å². The van der Waals surface area contributed by atoms with Crippen LogP contribution in [0.2, 0.25) is 0 Å². The number of halogens is 1. The van der Waals surface area contributed by atoms with Gasteiger partial charge in [0.1, 0.15) is 6.04 Å². The summed E-state index contributed by atoms with van der Waals surface area (Å²) in [6.45, 7) is 2.82. The van der Waals surface area contributed by atoms with E-state index in [2.05, 4.69) is 21.2 Å². The second-order valence-corrected chi connectivity index (χ2v) is 4.17. The minimum Gasteiger partial charge on any atom is -0.368 e. The summed E-state index contributed by atoms with van der Waals surface area (Å²) in [5, 5.41) is 3.12. The van der Waals surface area contributed by atoms with Crippen molar-refractivity contribution < 1.29 is 4.79 Å². The minimum atomic E-state index is -0.416. The normalized spacial score (nSPS) is 12.4. The quantitative estimate of drug-likeness (QED) is 0.860. The van der Waals surface area contributed by atoms with Gasteiger partial charge in [0.25, 0.3) is 0 Å². The fraction of sp³-hybridized carbons (Fsp3) is 0.364. The summed E-state index contributed by atoms with van der Waals surface area (Å²) >= 11 is 3.41. The molecular weight excluding hydrogens is 256 g/mol. The van der Waals surface area contributed by atoms with E-state index in [1.807, 2.05) is 31.2 Å². The highest BCUT2D eigenvalue weighted by atomic mass is 79.9. The lowest BCUT2D eigenvalue weighted by Crippen LogP contribution is -2.34. The number of hydrogen-bond acceptors (Lipinski definition) is 2. The van der Waals surface area contributed by atoms with Crippen molar-refractivity contribution in [3.8, 4) is 0 Å². The zero-order valence-electron chi connectivity index (χ0n) is 8.66. The van der Waals surface area contributed by atoms with Crippen LogP contribution >= 0.6 is 15.9 Å². The van der Waals surface area contributed by atoms with Gasteiger partial charge in [-0.2, -0.15) is 0 Å². The standard InChI is InChI=1S/C11H15BrN2O/c1-2-7-14-10(11(13)15)8-5-3-4-6-9(8)12/h3-6,10,14H,2,7H2,1H3,(H2,13,15). The van der Waals surface area contributed by atoms with Crippen LogP contribution in [0.25, 0.3) is 0 Å². The van der Waals surface area contributed by atoms with Gasteiger partial charge >= 0.3 is 0 Å². The highest BCUT2D eigenvalue weighted by Gasteiger charge is 2.18. The van der Waals surface area contributed by atoms with Gasteiger partial charge in [0.2, 0.25) is 5.91 Å². The molecule has 82 valence electrons. The molecule has 0 aliphatic rings. The first-order chi connectivity index (χ1) is 7.16. The fourth-order valence-corrected chi connectivity index (χ4v) is 1.88. The highest BCUT2D eigenvalue weighted by molar-refractivity contribution is 9.10. The summed E-state index contributed by atoms with van der Waals surface area (Å²) in [7, 11) is 0.